The number of piperazine rings is 1. The predicted molar refractivity (Wildman–Crippen MR) is 127 cm³/mol. The minimum atomic E-state index is 0.0784. The molecule has 1 heterocycles. The Kier molecular flexibility index (Phi) is 10.7. The van der Waals surface area contributed by atoms with E-state index in [1.807, 2.05) is 0 Å². The first-order chi connectivity index (χ1) is 14.9. The van der Waals surface area contributed by atoms with E-state index in [2.05, 4.69) is 47.5 Å². The molecule has 3 rings (SSSR count). The lowest BCUT2D eigenvalue weighted by molar-refractivity contribution is -0.0863. The summed E-state index contributed by atoms with van der Waals surface area (Å²) < 4.78 is 0. The quantitative estimate of drug-likeness (QED) is 0.589. The van der Waals surface area contributed by atoms with Crippen LogP contribution in [-0.2, 0) is 11.3 Å². The third-order valence-electron chi connectivity index (χ3n) is 6.66. The van der Waals surface area contributed by atoms with E-state index in [1.54, 1.807) is 0 Å². The van der Waals surface area contributed by atoms with Crippen molar-refractivity contribution in [2.45, 2.75) is 103 Å². The molecule has 2 fully saturated rings. The highest BCUT2D eigenvalue weighted by Crippen LogP contribution is 2.19. The van der Waals surface area contributed by atoms with Crippen LogP contribution < -0.4 is 5.32 Å². The van der Waals surface area contributed by atoms with Gasteiger partial charge in [-0.2, -0.15) is 0 Å². The summed E-state index contributed by atoms with van der Waals surface area (Å²) in [6.45, 7) is 5.31. The summed E-state index contributed by atoms with van der Waals surface area (Å²) in [7, 11) is 0. The number of hydrogen-bond acceptors (Lipinski definition) is 4. The predicted octanol–water partition coefficient (Wildman–Crippen LogP) is 5.92. The van der Waals surface area contributed by atoms with E-state index >= 15 is 0 Å². The molecule has 0 spiro atoms. The molecule has 0 amide bonds. The van der Waals surface area contributed by atoms with Gasteiger partial charge in [0, 0.05) is 25.7 Å². The van der Waals surface area contributed by atoms with Gasteiger partial charge in [0.25, 0.3) is 0 Å². The smallest absolute Gasteiger partial charge is 0.181 e. The van der Waals surface area contributed by atoms with E-state index < -0.39 is 0 Å². The van der Waals surface area contributed by atoms with Gasteiger partial charge in [0.1, 0.15) is 0 Å². The van der Waals surface area contributed by atoms with Crippen LogP contribution in [0.25, 0.3) is 0 Å². The Morgan fingerprint density at radius 2 is 1.60 bits per heavy atom. The zero-order valence-electron chi connectivity index (χ0n) is 19.2. The first kappa shape index (κ1) is 23.3. The summed E-state index contributed by atoms with van der Waals surface area (Å²) in [5, 5.41) is 8.33. The molecule has 2 atom stereocenters. The zero-order chi connectivity index (χ0) is 20.9. The Morgan fingerprint density at radius 1 is 0.967 bits per heavy atom. The molecule has 1 aliphatic heterocycles. The maximum Gasteiger partial charge on any atom is 0.181 e. The second-order valence-corrected chi connectivity index (χ2v) is 9.09. The van der Waals surface area contributed by atoms with Gasteiger partial charge < -0.3 is 10.2 Å². The second kappa shape index (κ2) is 13.8. The first-order valence-electron chi connectivity index (χ1n) is 12.6. The molecule has 0 radical (unpaired) electrons. The molecule has 1 saturated heterocycles. The summed E-state index contributed by atoms with van der Waals surface area (Å²) in [6, 6.07) is 11.3. The lowest BCUT2D eigenvalue weighted by Gasteiger charge is -2.40. The van der Waals surface area contributed by atoms with E-state index in [1.165, 1.54) is 69.1 Å². The average Bonchev–Trinajstić information content (AvgIpc) is 2.77. The van der Waals surface area contributed by atoms with Gasteiger partial charge in [0.05, 0.1) is 5.71 Å². The maximum atomic E-state index is 6.25. The van der Waals surface area contributed by atoms with E-state index in [0.29, 0.717) is 6.04 Å². The summed E-state index contributed by atoms with van der Waals surface area (Å²) in [4.78, 5) is 8.79. The van der Waals surface area contributed by atoms with Gasteiger partial charge in [-0.25, -0.2) is 0 Å². The SMILES string of the molecule is CCC(ON=C1CCCCCCCCCCC1)N1CCNCC1Cc1ccccc1. The number of nitrogens with zero attached hydrogens (tertiary/aromatic N) is 2. The number of nitrogens with one attached hydrogen (secondary N) is 1. The van der Waals surface area contributed by atoms with Crippen LogP contribution in [0.15, 0.2) is 35.5 Å². The molecule has 0 bridgehead atoms. The van der Waals surface area contributed by atoms with Gasteiger partial charge in [0.2, 0.25) is 0 Å². The highest BCUT2D eigenvalue weighted by atomic mass is 16.6. The van der Waals surface area contributed by atoms with Gasteiger partial charge in [-0.05, 0) is 44.1 Å². The van der Waals surface area contributed by atoms with Crippen molar-refractivity contribution in [3.8, 4) is 0 Å². The molecule has 2 aliphatic rings. The van der Waals surface area contributed by atoms with Gasteiger partial charge in [-0.3, -0.25) is 4.90 Å². The third-order valence-corrected chi connectivity index (χ3v) is 6.66. The van der Waals surface area contributed by atoms with Crippen LogP contribution in [0.3, 0.4) is 0 Å². The average molecular weight is 414 g/mol. The summed E-state index contributed by atoms with van der Waals surface area (Å²) in [6.07, 6.45) is 16.6. The molecule has 1 saturated carbocycles. The molecule has 168 valence electrons. The Balaban J connectivity index is 1.59. The highest BCUT2D eigenvalue weighted by molar-refractivity contribution is 5.83. The van der Waals surface area contributed by atoms with Crippen LogP contribution in [-0.4, -0.2) is 42.5 Å². The Morgan fingerprint density at radius 3 is 2.23 bits per heavy atom. The molecule has 4 nitrogen and oxygen atoms in total. The molecule has 2 unspecified atom stereocenters. The van der Waals surface area contributed by atoms with Crippen molar-refractivity contribution in [1.82, 2.24) is 10.2 Å². The second-order valence-electron chi connectivity index (χ2n) is 9.09. The summed E-state index contributed by atoms with van der Waals surface area (Å²) in [5.74, 6) is 0. The van der Waals surface area contributed by atoms with Gasteiger partial charge in [-0.1, -0.05) is 87.4 Å². The maximum absolute atomic E-state index is 6.25. The number of hydrogen-bond donors (Lipinski definition) is 1. The standard InChI is InChI=1S/C26H43N3O/c1-2-26(29-20-19-27-22-25(29)21-23-15-11-10-12-16-23)30-28-24-17-13-8-6-4-3-5-7-9-14-18-24/h10-12,15-16,25-27H,2-9,13-14,17-22H2,1H3. The van der Waals surface area contributed by atoms with Crippen molar-refractivity contribution in [2.75, 3.05) is 19.6 Å². The van der Waals surface area contributed by atoms with Crippen LogP contribution in [0.4, 0.5) is 0 Å². The van der Waals surface area contributed by atoms with E-state index in [9.17, 15) is 0 Å². The molecule has 4 heteroatoms. The fourth-order valence-electron chi connectivity index (χ4n) is 4.85. The van der Waals surface area contributed by atoms with Crippen LogP contribution in [0, 0.1) is 0 Å². The Bertz CT molecular complexity index is 590. The molecule has 1 N–H and O–H groups in total. The fraction of sp³-hybridized carbons (Fsp3) is 0.731. The minimum Gasteiger partial charge on any atom is -0.377 e. The van der Waals surface area contributed by atoms with Crippen LogP contribution in [0.1, 0.15) is 89.5 Å². The lowest BCUT2D eigenvalue weighted by Crippen LogP contribution is -2.56. The molecular weight excluding hydrogens is 370 g/mol. The molecule has 30 heavy (non-hydrogen) atoms. The first-order valence-corrected chi connectivity index (χ1v) is 12.6. The van der Waals surface area contributed by atoms with Crippen LogP contribution >= 0.6 is 0 Å². The van der Waals surface area contributed by atoms with Crippen LogP contribution in [0.2, 0.25) is 0 Å². The zero-order valence-corrected chi connectivity index (χ0v) is 19.2. The number of benzene rings is 1. The Hall–Kier alpha value is -1.39. The van der Waals surface area contributed by atoms with Crippen molar-refractivity contribution in [1.29, 1.82) is 0 Å². The van der Waals surface area contributed by atoms with Crippen molar-refractivity contribution < 1.29 is 4.84 Å². The normalized spacial score (nSPS) is 23.8. The topological polar surface area (TPSA) is 36.9 Å². The third kappa shape index (κ3) is 8.03. The molecular formula is C26H43N3O. The van der Waals surface area contributed by atoms with E-state index in [4.69, 9.17) is 9.99 Å². The van der Waals surface area contributed by atoms with Crippen molar-refractivity contribution in [3.05, 3.63) is 35.9 Å². The van der Waals surface area contributed by atoms with Crippen LogP contribution in [0.5, 0.6) is 0 Å². The fourth-order valence-corrected chi connectivity index (χ4v) is 4.85. The highest BCUT2D eigenvalue weighted by Gasteiger charge is 2.29. The van der Waals surface area contributed by atoms with Gasteiger partial charge in [-0.15, -0.1) is 0 Å². The Labute approximate surface area is 184 Å². The molecule has 0 aromatic heterocycles. The molecule has 1 aliphatic carbocycles. The lowest BCUT2D eigenvalue weighted by atomic mass is 10.00. The molecule has 1 aromatic carbocycles. The number of rotatable bonds is 6. The van der Waals surface area contributed by atoms with Gasteiger partial charge in [0.15, 0.2) is 6.23 Å². The summed E-state index contributed by atoms with van der Waals surface area (Å²) in [5.41, 5.74) is 2.69. The molecule has 1 aromatic rings. The minimum absolute atomic E-state index is 0.0784. The van der Waals surface area contributed by atoms with E-state index in [0.717, 1.165) is 45.3 Å². The number of oxime groups is 1. The largest absolute Gasteiger partial charge is 0.377 e. The van der Waals surface area contributed by atoms with Gasteiger partial charge >= 0.3 is 0 Å². The van der Waals surface area contributed by atoms with Crippen molar-refractivity contribution in [2.24, 2.45) is 5.16 Å². The summed E-state index contributed by atoms with van der Waals surface area (Å²) >= 11 is 0. The van der Waals surface area contributed by atoms with Crippen molar-refractivity contribution in [3.63, 3.8) is 0 Å². The van der Waals surface area contributed by atoms with Crippen molar-refractivity contribution >= 4 is 5.71 Å². The monoisotopic (exact) mass is 413 g/mol. The van der Waals surface area contributed by atoms with E-state index in [-0.39, 0.29) is 6.23 Å².